The van der Waals surface area contributed by atoms with Crippen LogP contribution < -0.4 is 0 Å². The van der Waals surface area contributed by atoms with Crippen molar-refractivity contribution in [1.29, 1.82) is 0 Å². The molecule has 0 amide bonds. The van der Waals surface area contributed by atoms with Crippen LogP contribution in [0.15, 0.2) is 42.5 Å². The van der Waals surface area contributed by atoms with Crippen LogP contribution in [-0.4, -0.2) is 5.78 Å². The maximum Gasteiger partial charge on any atom is 0.140 e. The highest BCUT2D eigenvalue weighted by Gasteiger charge is 2.28. The van der Waals surface area contributed by atoms with Gasteiger partial charge in [-0.05, 0) is 47.4 Å². The van der Waals surface area contributed by atoms with Gasteiger partial charge in [0.15, 0.2) is 0 Å². The molecule has 0 bridgehead atoms. The van der Waals surface area contributed by atoms with Gasteiger partial charge in [-0.1, -0.05) is 56.3 Å². The number of hydrogen-bond acceptors (Lipinski definition) is 1. The fourth-order valence-corrected chi connectivity index (χ4v) is 3.99. The van der Waals surface area contributed by atoms with Crippen molar-refractivity contribution in [2.75, 3.05) is 0 Å². The van der Waals surface area contributed by atoms with E-state index in [9.17, 15) is 4.79 Å². The van der Waals surface area contributed by atoms with E-state index in [0.717, 1.165) is 12.8 Å². The molecule has 21 heavy (non-hydrogen) atoms. The molecule has 1 fully saturated rings. The van der Waals surface area contributed by atoms with E-state index in [1.165, 1.54) is 22.8 Å². The molecule has 1 saturated carbocycles. The summed E-state index contributed by atoms with van der Waals surface area (Å²) >= 11 is 0. The molecule has 0 radical (unpaired) electrons. The molecule has 1 nitrogen and oxygen atoms in total. The number of Topliss-reactive ketones (excluding diaryl/α,β-unsaturated/α-hetero) is 1. The summed E-state index contributed by atoms with van der Waals surface area (Å²) < 4.78 is 0. The lowest BCUT2D eigenvalue weighted by molar-refractivity contribution is -0.124. The number of rotatable bonds is 3. The van der Waals surface area contributed by atoms with Gasteiger partial charge < -0.3 is 0 Å². The van der Waals surface area contributed by atoms with E-state index in [1.807, 2.05) is 0 Å². The molecule has 110 valence electrons. The van der Waals surface area contributed by atoms with Gasteiger partial charge in [-0.2, -0.15) is 0 Å². The highest BCUT2D eigenvalue weighted by molar-refractivity contribution is 5.91. The monoisotopic (exact) mass is 280 g/mol. The second-order valence-corrected chi connectivity index (χ2v) is 6.90. The Kier molecular flexibility index (Phi) is 4.10. The van der Waals surface area contributed by atoms with Gasteiger partial charge in [-0.3, -0.25) is 4.79 Å². The summed E-state index contributed by atoms with van der Waals surface area (Å²) in [5, 5.41) is 2.46. The zero-order valence-electron chi connectivity index (χ0n) is 13.0. The first-order valence-electron chi connectivity index (χ1n) is 8.13. The largest absolute Gasteiger partial charge is 0.299 e. The number of carbonyl (C=O) groups is 1. The Morgan fingerprint density at radius 3 is 2.38 bits per heavy atom. The van der Waals surface area contributed by atoms with E-state index in [1.54, 1.807) is 0 Å². The van der Waals surface area contributed by atoms with Gasteiger partial charge in [0.1, 0.15) is 5.78 Å². The Morgan fingerprint density at radius 1 is 0.952 bits per heavy atom. The fraction of sp³-hybridized carbons (Fsp3) is 0.450. The fourth-order valence-electron chi connectivity index (χ4n) is 3.99. The molecular formula is C20H24O. The first-order valence-corrected chi connectivity index (χ1v) is 8.13. The molecule has 2 aromatic rings. The minimum absolute atomic E-state index is 0.266. The maximum atomic E-state index is 12.7. The van der Waals surface area contributed by atoms with Gasteiger partial charge in [-0.15, -0.1) is 0 Å². The number of hydrogen-bond donors (Lipinski definition) is 0. The van der Waals surface area contributed by atoms with Crippen LogP contribution in [0.3, 0.4) is 0 Å². The summed E-state index contributed by atoms with van der Waals surface area (Å²) in [6.45, 7) is 4.57. The Hall–Kier alpha value is -1.63. The molecule has 2 unspecified atom stereocenters. The highest BCUT2D eigenvalue weighted by atomic mass is 16.1. The van der Waals surface area contributed by atoms with Crippen LogP contribution in [0.1, 0.15) is 38.7 Å². The summed E-state index contributed by atoms with van der Waals surface area (Å²) in [7, 11) is 0. The SMILES string of the molecule is CC1CC(C)CC(C(=O)Cc2cccc3ccccc23)C1. The van der Waals surface area contributed by atoms with Crippen molar-refractivity contribution in [3.63, 3.8) is 0 Å². The predicted octanol–water partition coefficient (Wildman–Crippen LogP) is 5.02. The van der Waals surface area contributed by atoms with Crippen LogP contribution in [0.5, 0.6) is 0 Å². The number of ketones is 1. The normalized spacial score (nSPS) is 25.9. The minimum atomic E-state index is 0.266. The molecule has 3 rings (SSSR count). The molecule has 0 N–H and O–H groups in total. The molecule has 1 aliphatic rings. The molecule has 1 heteroatoms. The maximum absolute atomic E-state index is 12.7. The molecular weight excluding hydrogens is 256 g/mol. The molecule has 0 aromatic heterocycles. The summed E-state index contributed by atoms with van der Waals surface area (Å²) in [6.07, 6.45) is 4.02. The molecule has 0 spiro atoms. The first kappa shape index (κ1) is 14.3. The van der Waals surface area contributed by atoms with Crippen molar-refractivity contribution < 1.29 is 4.79 Å². The van der Waals surface area contributed by atoms with Gasteiger partial charge in [0.05, 0.1) is 0 Å². The van der Waals surface area contributed by atoms with Gasteiger partial charge in [0.2, 0.25) is 0 Å². The molecule has 2 atom stereocenters. The standard InChI is InChI=1S/C20H24O/c1-14-10-15(2)12-18(11-14)20(21)13-17-8-5-7-16-6-3-4-9-19(16)17/h3-9,14-15,18H,10-13H2,1-2H3. The van der Waals surface area contributed by atoms with Crippen molar-refractivity contribution in [3.05, 3.63) is 48.0 Å². The van der Waals surface area contributed by atoms with Crippen molar-refractivity contribution in [2.45, 2.75) is 39.5 Å². The average Bonchev–Trinajstić information content (AvgIpc) is 2.46. The topological polar surface area (TPSA) is 17.1 Å². The second kappa shape index (κ2) is 6.01. The van der Waals surface area contributed by atoms with Crippen molar-refractivity contribution in [1.82, 2.24) is 0 Å². The van der Waals surface area contributed by atoms with Gasteiger partial charge in [-0.25, -0.2) is 0 Å². The quantitative estimate of drug-likeness (QED) is 0.771. The average molecular weight is 280 g/mol. The number of benzene rings is 2. The summed E-state index contributed by atoms with van der Waals surface area (Å²) in [6, 6.07) is 14.7. The van der Waals surface area contributed by atoms with Crippen LogP contribution in [0.2, 0.25) is 0 Å². The molecule has 1 aliphatic carbocycles. The third-order valence-corrected chi connectivity index (χ3v) is 4.88. The smallest absolute Gasteiger partial charge is 0.140 e. The first-order chi connectivity index (χ1) is 10.1. The van der Waals surface area contributed by atoms with Crippen molar-refractivity contribution >= 4 is 16.6 Å². The van der Waals surface area contributed by atoms with E-state index in [2.05, 4.69) is 56.3 Å². The number of fused-ring (bicyclic) bond motifs is 1. The third kappa shape index (κ3) is 3.18. The minimum Gasteiger partial charge on any atom is -0.299 e. The number of carbonyl (C=O) groups excluding carboxylic acids is 1. The van der Waals surface area contributed by atoms with Crippen LogP contribution in [0, 0.1) is 17.8 Å². The summed E-state index contributed by atoms with van der Waals surface area (Å²) in [5.41, 5.74) is 1.18. The van der Waals surface area contributed by atoms with Crippen LogP contribution >= 0.6 is 0 Å². The predicted molar refractivity (Wildman–Crippen MR) is 88.3 cm³/mol. The van der Waals surface area contributed by atoms with Crippen LogP contribution in [-0.2, 0) is 11.2 Å². The molecule has 0 saturated heterocycles. The Balaban J connectivity index is 1.80. The van der Waals surface area contributed by atoms with Gasteiger partial charge in [0.25, 0.3) is 0 Å². The Morgan fingerprint density at radius 2 is 1.62 bits per heavy atom. The Labute approximate surface area is 127 Å². The summed E-state index contributed by atoms with van der Waals surface area (Å²) in [4.78, 5) is 12.7. The van der Waals surface area contributed by atoms with E-state index in [-0.39, 0.29) is 5.92 Å². The van der Waals surface area contributed by atoms with Crippen molar-refractivity contribution in [2.24, 2.45) is 17.8 Å². The van der Waals surface area contributed by atoms with E-state index >= 15 is 0 Å². The molecule has 2 aromatic carbocycles. The lowest BCUT2D eigenvalue weighted by Gasteiger charge is -2.30. The van der Waals surface area contributed by atoms with Crippen LogP contribution in [0.25, 0.3) is 10.8 Å². The van der Waals surface area contributed by atoms with E-state index in [0.29, 0.717) is 24.0 Å². The summed E-state index contributed by atoms with van der Waals surface area (Å²) in [5.74, 6) is 2.08. The lowest BCUT2D eigenvalue weighted by atomic mass is 9.74. The third-order valence-electron chi connectivity index (χ3n) is 4.88. The van der Waals surface area contributed by atoms with Crippen LogP contribution in [0.4, 0.5) is 0 Å². The molecule has 0 aliphatic heterocycles. The highest BCUT2D eigenvalue weighted by Crippen LogP contribution is 2.34. The second-order valence-electron chi connectivity index (χ2n) is 6.90. The van der Waals surface area contributed by atoms with Gasteiger partial charge >= 0.3 is 0 Å². The zero-order chi connectivity index (χ0) is 14.8. The zero-order valence-corrected chi connectivity index (χ0v) is 13.0. The van der Waals surface area contributed by atoms with E-state index in [4.69, 9.17) is 0 Å². The molecule has 0 heterocycles. The van der Waals surface area contributed by atoms with E-state index < -0.39 is 0 Å². The Bertz CT molecular complexity index is 628. The lowest BCUT2D eigenvalue weighted by Crippen LogP contribution is -2.27. The van der Waals surface area contributed by atoms with Gasteiger partial charge in [0, 0.05) is 12.3 Å². The van der Waals surface area contributed by atoms with Crippen molar-refractivity contribution in [3.8, 4) is 0 Å².